The smallest absolute Gasteiger partial charge is 0.239 e. The van der Waals surface area contributed by atoms with Crippen molar-refractivity contribution in [2.24, 2.45) is 5.92 Å². The minimum absolute atomic E-state index is 0.0243. The Bertz CT molecular complexity index is 358. The van der Waals surface area contributed by atoms with E-state index < -0.39 is 0 Å². The van der Waals surface area contributed by atoms with Gasteiger partial charge in [-0.05, 0) is 31.6 Å². The maximum absolute atomic E-state index is 12.2. The summed E-state index contributed by atoms with van der Waals surface area (Å²) in [4.78, 5) is 27.7. The van der Waals surface area contributed by atoms with Crippen LogP contribution in [0.3, 0.4) is 0 Å². The molecule has 0 spiro atoms. The van der Waals surface area contributed by atoms with E-state index >= 15 is 0 Å². The molecule has 0 aromatic carbocycles. The van der Waals surface area contributed by atoms with Gasteiger partial charge >= 0.3 is 0 Å². The molecule has 1 saturated carbocycles. The summed E-state index contributed by atoms with van der Waals surface area (Å²) in [6.07, 6.45) is 4.72. The Kier molecular flexibility index (Phi) is 3.24. The molecule has 1 aliphatic carbocycles. The number of hydrogen-bond acceptors (Lipinski definition) is 3. The Morgan fingerprint density at radius 3 is 3.00 bits per heavy atom. The number of hydrogen-bond donors (Lipinski definition) is 1. The summed E-state index contributed by atoms with van der Waals surface area (Å²) in [5.41, 5.74) is 0. The third kappa shape index (κ3) is 2.36. The van der Waals surface area contributed by atoms with Crippen LogP contribution in [-0.2, 0) is 9.59 Å². The fraction of sp³-hybridized carbons (Fsp3) is 0.846. The van der Waals surface area contributed by atoms with Crippen LogP contribution in [0.4, 0.5) is 0 Å². The van der Waals surface area contributed by atoms with Crippen LogP contribution in [-0.4, -0.2) is 60.4 Å². The van der Waals surface area contributed by atoms with Crippen LogP contribution in [0.2, 0.25) is 0 Å². The predicted molar refractivity (Wildman–Crippen MR) is 66.9 cm³/mol. The fourth-order valence-corrected chi connectivity index (χ4v) is 3.51. The van der Waals surface area contributed by atoms with Gasteiger partial charge in [0, 0.05) is 25.7 Å². The van der Waals surface area contributed by atoms with Gasteiger partial charge < -0.3 is 10.2 Å². The Hall–Kier alpha value is -1.10. The topological polar surface area (TPSA) is 52.7 Å². The predicted octanol–water partition coefficient (Wildman–Crippen LogP) is -0.181. The summed E-state index contributed by atoms with van der Waals surface area (Å²) in [5.74, 6) is 0.915. The van der Waals surface area contributed by atoms with Crippen molar-refractivity contribution < 1.29 is 9.59 Å². The van der Waals surface area contributed by atoms with E-state index in [2.05, 4.69) is 10.2 Å². The molecule has 2 saturated heterocycles. The van der Waals surface area contributed by atoms with Crippen LogP contribution in [0, 0.1) is 5.92 Å². The molecule has 2 heterocycles. The fourth-order valence-electron chi connectivity index (χ4n) is 3.51. The van der Waals surface area contributed by atoms with E-state index in [0.717, 1.165) is 18.9 Å². The maximum Gasteiger partial charge on any atom is 0.239 e. The van der Waals surface area contributed by atoms with Crippen LogP contribution in [0.5, 0.6) is 0 Å². The highest BCUT2D eigenvalue weighted by Gasteiger charge is 2.38. The van der Waals surface area contributed by atoms with Crippen molar-refractivity contribution in [1.82, 2.24) is 15.1 Å². The number of nitrogens with zero attached hydrogens (tertiary/aromatic N) is 2. The van der Waals surface area contributed by atoms with E-state index in [1.54, 1.807) is 4.90 Å². The van der Waals surface area contributed by atoms with Gasteiger partial charge in [-0.3, -0.25) is 14.5 Å². The van der Waals surface area contributed by atoms with Gasteiger partial charge in [0.15, 0.2) is 0 Å². The summed E-state index contributed by atoms with van der Waals surface area (Å²) in [5, 5.41) is 2.80. The Morgan fingerprint density at radius 1 is 1.39 bits per heavy atom. The molecule has 5 heteroatoms. The molecule has 1 N–H and O–H groups in total. The summed E-state index contributed by atoms with van der Waals surface area (Å²) in [7, 11) is 0. The van der Waals surface area contributed by atoms with Gasteiger partial charge in [0.05, 0.1) is 13.1 Å². The molecular formula is C13H21N3O2. The normalized spacial score (nSPS) is 32.4. The van der Waals surface area contributed by atoms with Crippen LogP contribution in [0.15, 0.2) is 0 Å². The van der Waals surface area contributed by atoms with E-state index in [4.69, 9.17) is 0 Å². The van der Waals surface area contributed by atoms with Crippen LogP contribution in [0.1, 0.15) is 25.7 Å². The molecule has 2 amide bonds. The van der Waals surface area contributed by atoms with E-state index in [9.17, 15) is 9.59 Å². The molecule has 0 aromatic heterocycles. The molecule has 18 heavy (non-hydrogen) atoms. The number of likely N-dealkylation sites (tertiary alicyclic amines) is 1. The van der Waals surface area contributed by atoms with E-state index in [1.165, 1.54) is 19.3 Å². The molecule has 2 aliphatic heterocycles. The van der Waals surface area contributed by atoms with Gasteiger partial charge in [-0.25, -0.2) is 0 Å². The molecule has 0 aromatic rings. The second-order valence-electron chi connectivity index (χ2n) is 5.78. The van der Waals surface area contributed by atoms with E-state index in [-0.39, 0.29) is 18.4 Å². The maximum atomic E-state index is 12.2. The van der Waals surface area contributed by atoms with Crippen molar-refractivity contribution in [2.45, 2.75) is 31.7 Å². The highest BCUT2D eigenvalue weighted by molar-refractivity contribution is 5.86. The van der Waals surface area contributed by atoms with Gasteiger partial charge in [0.25, 0.3) is 0 Å². The lowest BCUT2D eigenvalue weighted by molar-refractivity contribution is -0.136. The zero-order valence-corrected chi connectivity index (χ0v) is 10.7. The SMILES string of the molecule is O=C1CN(C(=O)CN2C[C@@H]3CC[C@H]2C3)CCCN1. The van der Waals surface area contributed by atoms with Gasteiger partial charge in [-0.2, -0.15) is 0 Å². The van der Waals surface area contributed by atoms with Crippen LogP contribution >= 0.6 is 0 Å². The number of amides is 2. The lowest BCUT2D eigenvalue weighted by Crippen LogP contribution is -2.45. The molecule has 0 unspecified atom stereocenters. The van der Waals surface area contributed by atoms with Crippen LogP contribution < -0.4 is 5.32 Å². The average molecular weight is 251 g/mol. The second kappa shape index (κ2) is 4.88. The molecule has 3 aliphatic rings. The molecular weight excluding hydrogens is 230 g/mol. The third-order valence-electron chi connectivity index (χ3n) is 4.48. The highest BCUT2D eigenvalue weighted by Crippen LogP contribution is 2.37. The first-order valence-electron chi connectivity index (χ1n) is 7.01. The van der Waals surface area contributed by atoms with Crippen molar-refractivity contribution in [3.63, 3.8) is 0 Å². The number of piperidine rings is 1. The Morgan fingerprint density at radius 2 is 2.28 bits per heavy atom. The van der Waals surface area contributed by atoms with Crippen LogP contribution in [0.25, 0.3) is 0 Å². The molecule has 100 valence electrons. The van der Waals surface area contributed by atoms with Gasteiger partial charge in [-0.1, -0.05) is 0 Å². The molecule has 2 atom stereocenters. The number of rotatable bonds is 2. The number of fused-ring (bicyclic) bond motifs is 2. The largest absolute Gasteiger partial charge is 0.354 e. The minimum Gasteiger partial charge on any atom is -0.354 e. The minimum atomic E-state index is -0.0243. The summed E-state index contributed by atoms with van der Waals surface area (Å²) in [6.45, 7) is 3.22. The standard InChI is InChI=1S/C13H21N3O2/c17-12-8-15(5-1-4-14-12)13(18)9-16-7-10-2-3-11(16)6-10/h10-11H,1-9H2,(H,14,17)/t10-,11+/m1/s1. The molecule has 2 bridgehead atoms. The second-order valence-corrected chi connectivity index (χ2v) is 5.78. The summed E-state index contributed by atoms with van der Waals surface area (Å²) < 4.78 is 0. The van der Waals surface area contributed by atoms with Gasteiger partial charge in [-0.15, -0.1) is 0 Å². The van der Waals surface area contributed by atoms with Crippen molar-refractivity contribution in [2.75, 3.05) is 32.7 Å². The molecule has 3 fully saturated rings. The van der Waals surface area contributed by atoms with Gasteiger partial charge in [0.1, 0.15) is 0 Å². The highest BCUT2D eigenvalue weighted by atomic mass is 16.2. The first-order valence-corrected chi connectivity index (χ1v) is 7.01. The van der Waals surface area contributed by atoms with Crippen molar-refractivity contribution in [3.05, 3.63) is 0 Å². The molecule has 5 nitrogen and oxygen atoms in total. The lowest BCUT2D eigenvalue weighted by Gasteiger charge is -2.28. The quantitative estimate of drug-likeness (QED) is 0.740. The zero-order chi connectivity index (χ0) is 12.5. The number of nitrogens with one attached hydrogen (secondary N) is 1. The average Bonchev–Trinajstić information content (AvgIpc) is 2.88. The van der Waals surface area contributed by atoms with E-state index in [0.29, 0.717) is 25.7 Å². The van der Waals surface area contributed by atoms with Crippen molar-refractivity contribution >= 4 is 11.8 Å². The Labute approximate surface area is 107 Å². The summed E-state index contributed by atoms with van der Waals surface area (Å²) in [6, 6.07) is 0.625. The first-order chi connectivity index (χ1) is 8.72. The number of carbonyl (C=O) groups is 2. The summed E-state index contributed by atoms with van der Waals surface area (Å²) >= 11 is 0. The van der Waals surface area contributed by atoms with E-state index in [1.807, 2.05) is 0 Å². The molecule has 3 rings (SSSR count). The van der Waals surface area contributed by atoms with Crippen molar-refractivity contribution in [3.8, 4) is 0 Å². The first kappa shape index (κ1) is 12.0. The lowest BCUT2D eigenvalue weighted by atomic mass is 10.1. The van der Waals surface area contributed by atoms with Gasteiger partial charge in [0.2, 0.25) is 11.8 Å². The Balaban J connectivity index is 1.55. The van der Waals surface area contributed by atoms with Crippen molar-refractivity contribution in [1.29, 1.82) is 0 Å². The number of carbonyl (C=O) groups excluding carboxylic acids is 2. The zero-order valence-electron chi connectivity index (χ0n) is 10.7. The third-order valence-corrected chi connectivity index (χ3v) is 4.48. The monoisotopic (exact) mass is 251 g/mol. The molecule has 0 radical (unpaired) electrons.